The van der Waals surface area contributed by atoms with Gasteiger partial charge in [-0.05, 0) is 0 Å². The normalized spacial score (nSPS) is 46.3. The van der Waals surface area contributed by atoms with Crippen molar-refractivity contribution in [2.45, 2.75) is 85.8 Å². The number of phosphoric acid groups is 1. The molecule has 19 nitrogen and oxygen atoms in total. The van der Waals surface area contributed by atoms with E-state index in [1.54, 1.807) is 0 Å². The summed E-state index contributed by atoms with van der Waals surface area (Å²) in [6.07, 6.45) is -24.6. The molecule has 0 unspecified atom stereocenters. The summed E-state index contributed by atoms with van der Waals surface area (Å²) in [6.45, 7) is -2.37. The summed E-state index contributed by atoms with van der Waals surface area (Å²) in [5.74, 6) is -1.67. The molecule has 3 saturated heterocycles. The Labute approximate surface area is 213 Å². The van der Waals surface area contributed by atoms with Crippen molar-refractivity contribution in [3.63, 3.8) is 0 Å². The highest BCUT2D eigenvalue weighted by Crippen LogP contribution is 2.38. The van der Waals surface area contributed by atoms with E-state index in [1.165, 1.54) is 0 Å². The zero-order valence-corrected chi connectivity index (χ0v) is 20.2. The molecule has 0 bridgehead atoms. The lowest BCUT2D eigenvalue weighted by atomic mass is 9.98. The number of rotatable bonds is 10. The molecule has 3 heterocycles. The molecule has 3 rings (SSSR count). The fourth-order valence-corrected chi connectivity index (χ4v) is 4.45. The van der Waals surface area contributed by atoms with E-state index in [0.29, 0.717) is 0 Å². The van der Waals surface area contributed by atoms with Crippen LogP contribution in [-0.2, 0) is 37.6 Å². The number of carboxylic acid groups (broad SMARTS) is 1. The van der Waals surface area contributed by atoms with Crippen molar-refractivity contribution in [3.8, 4) is 0 Å². The first kappa shape index (κ1) is 31.6. The van der Waals surface area contributed by atoms with Gasteiger partial charge in [-0.15, -0.1) is 0 Å². The number of hydrogen-bond donors (Lipinski definition) is 11. The van der Waals surface area contributed by atoms with Gasteiger partial charge in [0.1, 0.15) is 67.1 Å². The average molecular weight is 582 g/mol. The highest BCUT2D eigenvalue weighted by atomic mass is 31.2. The molecule has 0 spiro atoms. The molecule has 14 atom stereocenters. The van der Waals surface area contributed by atoms with Gasteiger partial charge in [-0.2, -0.15) is 0 Å². The van der Waals surface area contributed by atoms with Crippen LogP contribution in [0.2, 0.25) is 0 Å². The number of aliphatic hydroxyl groups is 8. The van der Waals surface area contributed by atoms with Crippen molar-refractivity contribution in [2.75, 3.05) is 19.8 Å². The number of aliphatic carboxylic acids is 1. The second-order valence-electron chi connectivity index (χ2n) is 8.86. The average Bonchev–Trinajstić information content (AvgIpc) is 3.16. The van der Waals surface area contributed by atoms with E-state index in [9.17, 15) is 55.3 Å². The predicted octanol–water partition coefficient (Wildman–Crippen LogP) is -6.68. The van der Waals surface area contributed by atoms with E-state index < -0.39 is 119 Å². The monoisotopic (exact) mass is 582 g/mol. The summed E-state index contributed by atoms with van der Waals surface area (Å²) in [4.78, 5) is 29.3. The second-order valence-corrected chi connectivity index (χ2v) is 10.1. The number of ether oxygens (including phenoxy) is 5. The minimum Gasteiger partial charge on any atom is -0.479 e. The molecule has 0 saturated carbocycles. The minimum atomic E-state index is -5.00. The Balaban J connectivity index is 1.68. The maximum Gasteiger partial charge on any atom is 0.469 e. The number of phosphoric ester groups is 1. The largest absolute Gasteiger partial charge is 0.479 e. The standard InChI is InChI=1S/C18H31O19P/c19-1-4-7(20)10(23)12(25)17(35-4)32-2-5-8(21)11(24)13(26)18(36-5)37-14-9(22)6(3-33-38(29,30)31)34-15(14)16(27)28/h4-15,17-26H,1-3H2,(H,27,28)(H2,29,30,31)/t4-,5-,6-,7+,8-,9+,10+,11+,12-,13-,14+,15+,17+,18+/m1/s1. The molecule has 222 valence electrons. The molecular weight excluding hydrogens is 551 g/mol. The van der Waals surface area contributed by atoms with Crippen LogP contribution in [0.3, 0.4) is 0 Å². The molecule has 3 fully saturated rings. The van der Waals surface area contributed by atoms with Crippen LogP contribution in [0.15, 0.2) is 0 Å². The van der Waals surface area contributed by atoms with Crippen LogP contribution in [0.25, 0.3) is 0 Å². The molecule has 20 heteroatoms. The second kappa shape index (κ2) is 12.7. The molecule has 0 aromatic rings. The number of carboxylic acids is 1. The van der Waals surface area contributed by atoms with Gasteiger partial charge in [-0.1, -0.05) is 0 Å². The van der Waals surface area contributed by atoms with Crippen molar-refractivity contribution in [2.24, 2.45) is 0 Å². The van der Waals surface area contributed by atoms with Crippen LogP contribution in [0, 0.1) is 0 Å². The van der Waals surface area contributed by atoms with Crippen molar-refractivity contribution < 1.29 is 93.3 Å². The number of carbonyl (C=O) groups is 1. The Morgan fingerprint density at radius 1 is 0.711 bits per heavy atom. The highest BCUT2D eigenvalue weighted by Gasteiger charge is 2.53. The van der Waals surface area contributed by atoms with Gasteiger partial charge in [0.05, 0.1) is 19.8 Å². The molecule has 38 heavy (non-hydrogen) atoms. The topological polar surface area (TPSA) is 312 Å². The van der Waals surface area contributed by atoms with E-state index in [0.717, 1.165) is 0 Å². The molecule has 0 aromatic heterocycles. The first-order valence-electron chi connectivity index (χ1n) is 11.2. The molecule has 0 aliphatic carbocycles. The summed E-state index contributed by atoms with van der Waals surface area (Å²) in [5, 5.41) is 89.7. The Morgan fingerprint density at radius 3 is 1.79 bits per heavy atom. The SMILES string of the molecule is O=C(O)[C@H]1O[C@H](COP(=O)(O)O)[C@H](O)[C@@H]1O[C@@H]1O[C@H](CO[C@H]2O[C@H](CO)[C@H](O)[C@H](O)[C@H]2O)[C@@H](O)[C@H](O)[C@H]1O. The molecule has 3 aliphatic rings. The Hall–Kier alpha value is -0.940. The molecular formula is C18H31O19P. The van der Waals surface area contributed by atoms with Crippen molar-refractivity contribution in [1.29, 1.82) is 0 Å². The van der Waals surface area contributed by atoms with E-state index in [-0.39, 0.29) is 0 Å². The third-order valence-corrected chi connectivity index (χ3v) is 6.71. The van der Waals surface area contributed by atoms with Gasteiger partial charge < -0.3 is 79.4 Å². The maximum atomic E-state index is 11.6. The maximum absolute atomic E-state index is 11.6. The molecule has 3 aliphatic heterocycles. The van der Waals surface area contributed by atoms with Gasteiger partial charge in [-0.3, -0.25) is 4.52 Å². The third-order valence-electron chi connectivity index (χ3n) is 6.22. The van der Waals surface area contributed by atoms with Crippen LogP contribution in [0.5, 0.6) is 0 Å². The van der Waals surface area contributed by atoms with Gasteiger partial charge >= 0.3 is 13.8 Å². The van der Waals surface area contributed by atoms with Crippen LogP contribution in [0.4, 0.5) is 0 Å². The molecule has 0 radical (unpaired) electrons. The smallest absolute Gasteiger partial charge is 0.469 e. The summed E-state index contributed by atoms with van der Waals surface area (Å²) < 4.78 is 41.4. The third kappa shape index (κ3) is 7.03. The highest BCUT2D eigenvalue weighted by molar-refractivity contribution is 7.46. The lowest BCUT2D eigenvalue weighted by Crippen LogP contribution is -2.62. The molecule has 0 aromatic carbocycles. The van der Waals surface area contributed by atoms with E-state index in [4.69, 9.17) is 33.5 Å². The zero-order valence-electron chi connectivity index (χ0n) is 19.3. The van der Waals surface area contributed by atoms with E-state index in [1.807, 2.05) is 0 Å². The van der Waals surface area contributed by atoms with E-state index in [2.05, 4.69) is 4.52 Å². The molecule has 11 N–H and O–H groups in total. The van der Waals surface area contributed by atoms with Crippen molar-refractivity contribution >= 4 is 13.8 Å². The van der Waals surface area contributed by atoms with Crippen LogP contribution in [-0.4, -0.2) is 167 Å². The van der Waals surface area contributed by atoms with Crippen LogP contribution < -0.4 is 0 Å². The minimum absolute atomic E-state index is 0.696. The molecule has 0 amide bonds. The Kier molecular flexibility index (Phi) is 10.6. The summed E-state index contributed by atoms with van der Waals surface area (Å²) >= 11 is 0. The zero-order chi connectivity index (χ0) is 28.5. The number of aliphatic hydroxyl groups excluding tert-OH is 8. The Bertz CT molecular complexity index is 839. The predicted molar refractivity (Wildman–Crippen MR) is 112 cm³/mol. The fourth-order valence-electron chi connectivity index (χ4n) is 4.11. The van der Waals surface area contributed by atoms with Gasteiger partial charge in [0.2, 0.25) is 0 Å². The lowest BCUT2D eigenvalue weighted by Gasteiger charge is -2.43. The quantitative estimate of drug-likeness (QED) is 0.107. The first-order chi connectivity index (χ1) is 17.7. The van der Waals surface area contributed by atoms with Crippen LogP contribution in [0.1, 0.15) is 0 Å². The summed E-state index contributed by atoms with van der Waals surface area (Å²) in [7, 11) is -5.00. The fraction of sp³-hybridized carbons (Fsp3) is 0.944. The van der Waals surface area contributed by atoms with Gasteiger partial charge in [-0.25, -0.2) is 9.36 Å². The van der Waals surface area contributed by atoms with Gasteiger partial charge in [0.25, 0.3) is 0 Å². The Morgan fingerprint density at radius 2 is 1.24 bits per heavy atom. The van der Waals surface area contributed by atoms with Gasteiger partial charge in [0, 0.05) is 0 Å². The summed E-state index contributed by atoms with van der Waals surface area (Å²) in [6, 6.07) is 0. The first-order valence-corrected chi connectivity index (χ1v) is 12.7. The lowest BCUT2D eigenvalue weighted by molar-refractivity contribution is -0.338. The van der Waals surface area contributed by atoms with Crippen molar-refractivity contribution in [3.05, 3.63) is 0 Å². The summed E-state index contributed by atoms with van der Waals surface area (Å²) in [5.41, 5.74) is 0. The van der Waals surface area contributed by atoms with E-state index >= 15 is 0 Å². The number of hydrogen-bond acceptors (Lipinski definition) is 16. The van der Waals surface area contributed by atoms with Crippen molar-refractivity contribution in [1.82, 2.24) is 0 Å². The van der Waals surface area contributed by atoms with Gasteiger partial charge in [0.15, 0.2) is 18.7 Å². The van der Waals surface area contributed by atoms with Crippen LogP contribution >= 0.6 is 7.82 Å².